The van der Waals surface area contributed by atoms with E-state index in [1.165, 1.54) is 17.7 Å². The molecule has 1 fully saturated rings. The number of nitrogens with zero attached hydrogens (tertiary/aromatic N) is 3. The molecule has 106 valence electrons. The fraction of sp³-hybridized carbons (Fsp3) is 0.429. The summed E-state index contributed by atoms with van der Waals surface area (Å²) in [6.07, 6.45) is 6.31. The van der Waals surface area contributed by atoms with Crippen LogP contribution in [0, 0.1) is 0 Å². The van der Waals surface area contributed by atoms with Crippen molar-refractivity contribution < 1.29 is 0 Å². The minimum absolute atomic E-state index is 0.705. The van der Waals surface area contributed by atoms with E-state index in [2.05, 4.69) is 47.6 Å². The number of hydrogen-bond acceptors (Lipinski definition) is 5. The number of aromatic nitrogens is 2. The van der Waals surface area contributed by atoms with E-state index in [-0.39, 0.29) is 0 Å². The first-order chi connectivity index (χ1) is 9.70. The van der Waals surface area contributed by atoms with Crippen LogP contribution in [0.25, 0.3) is 0 Å². The topological polar surface area (TPSA) is 41.1 Å². The minimum Gasteiger partial charge on any atom is -0.353 e. The van der Waals surface area contributed by atoms with E-state index >= 15 is 0 Å². The third-order valence-electron chi connectivity index (χ3n) is 3.25. The molecule has 20 heavy (non-hydrogen) atoms. The molecule has 1 N–H and O–H groups in total. The first kappa shape index (κ1) is 14.0. The SMILES string of the molecule is CN(Cc1cc(Br)cs1)c1cnc(CNC2CC2)cn1. The van der Waals surface area contributed by atoms with Crippen LogP contribution in [0.3, 0.4) is 0 Å². The van der Waals surface area contributed by atoms with Crippen LogP contribution in [0.1, 0.15) is 23.4 Å². The predicted octanol–water partition coefficient (Wildman–Crippen LogP) is 3.19. The molecule has 1 saturated carbocycles. The summed E-state index contributed by atoms with van der Waals surface area (Å²) in [5.74, 6) is 0.907. The summed E-state index contributed by atoms with van der Waals surface area (Å²) in [6, 6.07) is 2.85. The van der Waals surface area contributed by atoms with Crippen LogP contribution in [0.4, 0.5) is 5.82 Å². The van der Waals surface area contributed by atoms with Crippen molar-refractivity contribution in [3.05, 3.63) is 38.9 Å². The van der Waals surface area contributed by atoms with E-state index in [1.807, 2.05) is 19.4 Å². The molecule has 0 aliphatic heterocycles. The number of rotatable bonds is 6. The molecule has 0 amide bonds. The van der Waals surface area contributed by atoms with E-state index in [9.17, 15) is 0 Å². The third-order valence-corrected chi connectivity index (χ3v) is 4.93. The highest BCUT2D eigenvalue weighted by Crippen LogP contribution is 2.22. The van der Waals surface area contributed by atoms with Gasteiger partial charge >= 0.3 is 0 Å². The maximum atomic E-state index is 4.50. The minimum atomic E-state index is 0.705. The van der Waals surface area contributed by atoms with Gasteiger partial charge in [-0.05, 0) is 34.8 Å². The Kier molecular flexibility index (Phi) is 4.33. The molecule has 4 nitrogen and oxygen atoms in total. The second-order valence-corrected chi connectivity index (χ2v) is 7.02. The van der Waals surface area contributed by atoms with Gasteiger partial charge in [-0.3, -0.25) is 4.98 Å². The van der Waals surface area contributed by atoms with Gasteiger partial charge in [0.2, 0.25) is 0 Å². The zero-order valence-electron chi connectivity index (χ0n) is 11.3. The molecule has 0 unspecified atom stereocenters. The van der Waals surface area contributed by atoms with E-state index < -0.39 is 0 Å². The molecule has 0 aromatic carbocycles. The molecule has 0 saturated heterocycles. The molecule has 6 heteroatoms. The Morgan fingerprint density at radius 3 is 2.85 bits per heavy atom. The Morgan fingerprint density at radius 2 is 2.25 bits per heavy atom. The maximum absolute atomic E-state index is 4.50. The van der Waals surface area contributed by atoms with Crippen LogP contribution >= 0.6 is 27.3 Å². The van der Waals surface area contributed by atoms with Gasteiger partial charge < -0.3 is 10.2 Å². The Labute approximate surface area is 131 Å². The molecule has 0 atom stereocenters. The first-order valence-electron chi connectivity index (χ1n) is 6.69. The van der Waals surface area contributed by atoms with Crippen molar-refractivity contribution in [2.75, 3.05) is 11.9 Å². The van der Waals surface area contributed by atoms with Crippen molar-refractivity contribution in [1.29, 1.82) is 0 Å². The highest BCUT2D eigenvalue weighted by molar-refractivity contribution is 9.10. The van der Waals surface area contributed by atoms with Crippen molar-refractivity contribution in [2.24, 2.45) is 0 Å². The van der Waals surface area contributed by atoms with Crippen molar-refractivity contribution >= 4 is 33.1 Å². The molecule has 2 aromatic heterocycles. The molecule has 3 rings (SSSR count). The standard InChI is InChI=1S/C14H17BrN4S/c1-19(8-13-4-10(15)9-20-13)14-7-17-12(6-18-14)5-16-11-2-3-11/h4,6-7,9,11,16H,2-3,5,8H2,1H3. The first-order valence-corrected chi connectivity index (χ1v) is 8.36. The molecule has 0 radical (unpaired) electrons. The summed E-state index contributed by atoms with van der Waals surface area (Å²) < 4.78 is 1.14. The molecular formula is C14H17BrN4S. The second kappa shape index (κ2) is 6.20. The van der Waals surface area contributed by atoms with Gasteiger partial charge in [0.1, 0.15) is 5.82 Å². The van der Waals surface area contributed by atoms with Crippen LogP contribution in [-0.4, -0.2) is 23.1 Å². The largest absolute Gasteiger partial charge is 0.353 e. The van der Waals surface area contributed by atoms with Crippen molar-refractivity contribution in [1.82, 2.24) is 15.3 Å². The Bertz CT molecular complexity index is 565. The average molecular weight is 353 g/mol. The van der Waals surface area contributed by atoms with Crippen LogP contribution in [-0.2, 0) is 13.1 Å². The van der Waals surface area contributed by atoms with Gasteiger partial charge in [-0.1, -0.05) is 0 Å². The third kappa shape index (κ3) is 3.77. The van der Waals surface area contributed by atoms with E-state index in [4.69, 9.17) is 0 Å². The Hall–Kier alpha value is -0.980. The quantitative estimate of drug-likeness (QED) is 0.866. The second-order valence-electron chi connectivity index (χ2n) is 5.11. The highest BCUT2D eigenvalue weighted by atomic mass is 79.9. The summed E-state index contributed by atoms with van der Waals surface area (Å²) in [7, 11) is 2.04. The molecular weight excluding hydrogens is 336 g/mol. The smallest absolute Gasteiger partial charge is 0.147 e. The zero-order chi connectivity index (χ0) is 13.9. The lowest BCUT2D eigenvalue weighted by Gasteiger charge is -2.16. The van der Waals surface area contributed by atoms with Crippen LogP contribution in [0.2, 0.25) is 0 Å². The van der Waals surface area contributed by atoms with E-state index in [0.717, 1.165) is 29.1 Å². The summed E-state index contributed by atoms with van der Waals surface area (Å²) >= 11 is 5.23. The predicted molar refractivity (Wildman–Crippen MR) is 86.0 cm³/mol. The summed E-state index contributed by atoms with van der Waals surface area (Å²) in [6.45, 7) is 1.67. The number of hydrogen-bond donors (Lipinski definition) is 1. The van der Waals surface area contributed by atoms with Gasteiger partial charge in [-0.2, -0.15) is 0 Å². The van der Waals surface area contributed by atoms with Gasteiger partial charge in [0, 0.05) is 34.4 Å². The normalized spacial score (nSPS) is 14.5. The molecule has 0 spiro atoms. The van der Waals surface area contributed by atoms with Gasteiger partial charge in [0.25, 0.3) is 0 Å². The monoisotopic (exact) mass is 352 g/mol. The van der Waals surface area contributed by atoms with E-state index in [1.54, 1.807) is 11.3 Å². The zero-order valence-corrected chi connectivity index (χ0v) is 13.7. The fourth-order valence-corrected chi connectivity index (χ4v) is 3.43. The lowest BCUT2D eigenvalue weighted by Crippen LogP contribution is -2.19. The summed E-state index contributed by atoms with van der Waals surface area (Å²) in [4.78, 5) is 12.4. The van der Waals surface area contributed by atoms with Crippen molar-refractivity contribution in [3.8, 4) is 0 Å². The van der Waals surface area contributed by atoms with Crippen LogP contribution < -0.4 is 10.2 Å². The number of halogens is 1. The lowest BCUT2D eigenvalue weighted by molar-refractivity contribution is 0.671. The molecule has 1 aliphatic rings. The molecule has 2 aromatic rings. The highest BCUT2D eigenvalue weighted by Gasteiger charge is 2.20. The lowest BCUT2D eigenvalue weighted by atomic mass is 10.4. The maximum Gasteiger partial charge on any atom is 0.147 e. The van der Waals surface area contributed by atoms with Crippen LogP contribution in [0.15, 0.2) is 28.3 Å². The fourth-order valence-electron chi connectivity index (χ4n) is 1.92. The molecule has 0 bridgehead atoms. The number of anilines is 1. The van der Waals surface area contributed by atoms with Gasteiger partial charge in [0.15, 0.2) is 0 Å². The summed E-state index contributed by atoms with van der Waals surface area (Å²) in [5, 5.41) is 5.54. The molecule has 1 aliphatic carbocycles. The summed E-state index contributed by atoms with van der Waals surface area (Å²) in [5.41, 5.74) is 1.01. The average Bonchev–Trinajstić information content (AvgIpc) is 3.20. The Balaban J connectivity index is 1.57. The van der Waals surface area contributed by atoms with E-state index in [0.29, 0.717) is 6.04 Å². The van der Waals surface area contributed by atoms with Gasteiger partial charge in [0.05, 0.1) is 24.6 Å². The Morgan fingerprint density at radius 1 is 1.40 bits per heavy atom. The number of nitrogens with one attached hydrogen (secondary N) is 1. The van der Waals surface area contributed by atoms with Crippen molar-refractivity contribution in [2.45, 2.75) is 32.0 Å². The van der Waals surface area contributed by atoms with Crippen LogP contribution in [0.5, 0.6) is 0 Å². The van der Waals surface area contributed by atoms with Gasteiger partial charge in [-0.15, -0.1) is 11.3 Å². The van der Waals surface area contributed by atoms with Gasteiger partial charge in [-0.25, -0.2) is 4.98 Å². The molecule has 2 heterocycles. The number of thiophene rings is 1. The van der Waals surface area contributed by atoms with Crippen molar-refractivity contribution in [3.63, 3.8) is 0 Å².